The molecule has 2 heterocycles. The number of carbonyl (C=O) groups is 1. The van der Waals surface area contributed by atoms with Crippen molar-refractivity contribution in [3.8, 4) is 10.4 Å². The van der Waals surface area contributed by atoms with Crippen molar-refractivity contribution >= 4 is 17.3 Å². The van der Waals surface area contributed by atoms with Crippen LogP contribution in [0.25, 0.3) is 10.4 Å². The fraction of sp³-hybridized carbons (Fsp3) is 0.389. The summed E-state index contributed by atoms with van der Waals surface area (Å²) >= 11 is 1.49. The van der Waals surface area contributed by atoms with Crippen LogP contribution in [0.1, 0.15) is 29.7 Å². The summed E-state index contributed by atoms with van der Waals surface area (Å²) in [5.41, 5.74) is 0.0725. The van der Waals surface area contributed by atoms with E-state index in [1.165, 1.54) is 23.5 Å². The lowest BCUT2D eigenvalue weighted by Gasteiger charge is -2.32. The van der Waals surface area contributed by atoms with E-state index in [1.807, 2.05) is 17.0 Å². The lowest BCUT2D eigenvalue weighted by Crippen LogP contribution is -2.43. The Morgan fingerprint density at radius 1 is 1.16 bits per heavy atom. The number of hydrogen-bond acceptors (Lipinski definition) is 3. The maximum absolute atomic E-state index is 12.6. The van der Waals surface area contributed by atoms with Gasteiger partial charge in [-0.1, -0.05) is 18.6 Å². The van der Waals surface area contributed by atoms with Crippen molar-refractivity contribution in [1.29, 1.82) is 0 Å². The number of carboxylic acids is 1. The lowest BCUT2D eigenvalue weighted by atomic mass is 10.0. The summed E-state index contributed by atoms with van der Waals surface area (Å²) in [5, 5.41) is 9.33. The Balaban J connectivity index is 1.73. The SMILES string of the molecule is O=C(O)C1CCCCN1Cc1ccc(-c2ccc(C(F)(F)F)cc2)s1. The minimum absolute atomic E-state index is 0.453. The minimum atomic E-state index is -4.33. The number of piperidine rings is 1. The van der Waals surface area contributed by atoms with E-state index in [0.29, 0.717) is 13.0 Å². The number of carboxylic acid groups (broad SMARTS) is 1. The molecule has 7 heteroatoms. The van der Waals surface area contributed by atoms with E-state index in [4.69, 9.17) is 0 Å². The van der Waals surface area contributed by atoms with Gasteiger partial charge in [0, 0.05) is 16.3 Å². The summed E-state index contributed by atoms with van der Waals surface area (Å²) in [4.78, 5) is 15.2. The highest BCUT2D eigenvalue weighted by atomic mass is 32.1. The Bertz CT molecular complexity index is 740. The normalized spacial score (nSPS) is 19.1. The molecule has 1 N–H and O–H groups in total. The maximum atomic E-state index is 12.6. The molecule has 1 aromatic carbocycles. The summed E-state index contributed by atoms with van der Waals surface area (Å²) in [6.07, 6.45) is -1.76. The van der Waals surface area contributed by atoms with Gasteiger partial charge in [-0.05, 0) is 49.2 Å². The van der Waals surface area contributed by atoms with Crippen molar-refractivity contribution in [2.45, 2.75) is 38.0 Å². The first-order valence-corrected chi connectivity index (χ1v) is 8.89. The van der Waals surface area contributed by atoms with Gasteiger partial charge >= 0.3 is 12.1 Å². The molecule has 1 fully saturated rings. The monoisotopic (exact) mass is 369 g/mol. The summed E-state index contributed by atoms with van der Waals surface area (Å²) in [6.45, 7) is 1.31. The zero-order valence-corrected chi connectivity index (χ0v) is 14.2. The molecular weight excluding hydrogens is 351 g/mol. The minimum Gasteiger partial charge on any atom is -0.480 e. The first-order chi connectivity index (χ1) is 11.8. The Hall–Kier alpha value is -1.86. The number of rotatable bonds is 4. The first-order valence-electron chi connectivity index (χ1n) is 8.08. The van der Waals surface area contributed by atoms with Gasteiger partial charge in [-0.25, -0.2) is 0 Å². The van der Waals surface area contributed by atoms with Crippen LogP contribution in [0.5, 0.6) is 0 Å². The fourth-order valence-corrected chi connectivity index (χ4v) is 4.14. The van der Waals surface area contributed by atoms with Crippen LogP contribution in [0.15, 0.2) is 36.4 Å². The Kier molecular flexibility index (Phi) is 5.15. The molecule has 1 atom stereocenters. The largest absolute Gasteiger partial charge is 0.480 e. The number of nitrogens with zero attached hydrogens (tertiary/aromatic N) is 1. The average molecular weight is 369 g/mol. The van der Waals surface area contributed by atoms with Crippen LogP contribution >= 0.6 is 11.3 Å². The van der Waals surface area contributed by atoms with Crippen molar-refractivity contribution in [2.75, 3.05) is 6.54 Å². The molecule has 3 rings (SSSR count). The third-order valence-corrected chi connectivity index (χ3v) is 5.54. The highest BCUT2D eigenvalue weighted by molar-refractivity contribution is 7.15. The zero-order chi connectivity index (χ0) is 18.0. The molecule has 1 aliphatic heterocycles. The number of likely N-dealkylation sites (tertiary alicyclic amines) is 1. The highest BCUT2D eigenvalue weighted by Crippen LogP contribution is 2.34. The molecule has 1 aromatic heterocycles. The number of thiophene rings is 1. The molecule has 134 valence electrons. The summed E-state index contributed by atoms with van der Waals surface area (Å²) in [6, 6.07) is 8.46. The molecule has 1 saturated heterocycles. The molecule has 0 amide bonds. The van der Waals surface area contributed by atoms with E-state index in [0.717, 1.165) is 46.8 Å². The summed E-state index contributed by atoms with van der Waals surface area (Å²) < 4.78 is 37.9. The maximum Gasteiger partial charge on any atom is 0.416 e. The van der Waals surface area contributed by atoms with Gasteiger partial charge in [0.25, 0.3) is 0 Å². The van der Waals surface area contributed by atoms with E-state index < -0.39 is 23.8 Å². The zero-order valence-electron chi connectivity index (χ0n) is 13.4. The van der Waals surface area contributed by atoms with Crippen LogP contribution in [-0.2, 0) is 17.5 Å². The summed E-state index contributed by atoms with van der Waals surface area (Å²) in [7, 11) is 0. The average Bonchev–Trinajstić information content (AvgIpc) is 3.03. The third-order valence-electron chi connectivity index (χ3n) is 4.42. The van der Waals surface area contributed by atoms with Crippen LogP contribution in [0, 0.1) is 0 Å². The van der Waals surface area contributed by atoms with Crippen LogP contribution in [-0.4, -0.2) is 28.6 Å². The van der Waals surface area contributed by atoms with Crippen LogP contribution in [0.2, 0.25) is 0 Å². The Morgan fingerprint density at radius 3 is 2.52 bits per heavy atom. The number of aliphatic carboxylic acids is 1. The van der Waals surface area contributed by atoms with E-state index in [1.54, 1.807) is 0 Å². The Labute approximate surface area is 147 Å². The van der Waals surface area contributed by atoms with E-state index >= 15 is 0 Å². The van der Waals surface area contributed by atoms with Gasteiger partial charge in [0.05, 0.1) is 5.56 Å². The summed E-state index contributed by atoms with van der Waals surface area (Å²) in [5.74, 6) is -0.792. The molecule has 0 saturated carbocycles. The number of alkyl halides is 3. The molecule has 0 radical (unpaired) electrons. The lowest BCUT2D eigenvalue weighted by molar-refractivity contribution is -0.144. The smallest absolute Gasteiger partial charge is 0.416 e. The van der Waals surface area contributed by atoms with Crippen molar-refractivity contribution in [1.82, 2.24) is 4.90 Å². The van der Waals surface area contributed by atoms with Crippen molar-refractivity contribution in [3.05, 3.63) is 46.8 Å². The van der Waals surface area contributed by atoms with E-state index in [2.05, 4.69) is 0 Å². The molecular formula is C18H18F3NO2S. The standard InChI is InChI=1S/C18H18F3NO2S/c19-18(20,21)13-6-4-12(5-7-13)16-9-8-14(25-16)11-22-10-2-1-3-15(22)17(23)24/h4-9,15H,1-3,10-11H2,(H,23,24). The molecule has 1 unspecified atom stereocenters. The second kappa shape index (κ2) is 7.17. The number of hydrogen-bond donors (Lipinski definition) is 1. The van der Waals surface area contributed by atoms with Gasteiger partial charge in [0.15, 0.2) is 0 Å². The molecule has 2 aromatic rings. The van der Waals surface area contributed by atoms with Gasteiger partial charge in [-0.3, -0.25) is 9.69 Å². The van der Waals surface area contributed by atoms with Gasteiger partial charge in [-0.15, -0.1) is 11.3 Å². The van der Waals surface area contributed by atoms with Crippen molar-refractivity contribution in [2.24, 2.45) is 0 Å². The first kappa shape index (κ1) is 17.9. The van der Waals surface area contributed by atoms with Gasteiger partial charge in [0.1, 0.15) is 6.04 Å². The molecule has 0 spiro atoms. The third kappa shape index (κ3) is 4.22. The highest BCUT2D eigenvalue weighted by Gasteiger charge is 2.30. The molecule has 1 aliphatic rings. The predicted octanol–water partition coefficient (Wildman–Crippen LogP) is 4.87. The van der Waals surface area contributed by atoms with Crippen molar-refractivity contribution in [3.63, 3.8) is 0 Å². The number of halogens is 3. The number of benzene rings is 1. The van der Waals surface area contributed by atoms with Crippen molar-refractivity contribution < 1.29 is 23.1 Å². The molecule has 0 bridgehead atoms. The van der Waals surface area contributed by atoms with Gasteiger partial charge in [0.2, 0.25) is 0 Å². The Morgan fingerprint density at radius 2 is 1.88 bits per heavy atom. The van der Waals surface area contributed by atoms with Crippen LogP contribution < -0.4 is 0 Å². The molecule has 0 aliphatic carbocycles. The second-order valence-corrected chi connectivity index (χ2v) is 7.33. The predicted molar refractivity (Wildman–Crippen MR) is 90.4 cm³/mol. The fourth-order valence-electron chi connectivity index (χ4n) is 3.10. The van der Waals surface area contributed by atoms with Crippen LogP contribution in [0.3, 0.4) is 0 Å². The second-order valence-electron chi connectivity index (χ2n) is 6.16. The van der Waals surface area contributed by atoms with Crippen LogP contribution in [0.4, 0.5) is 13.2 Å². The van der Waals surface area contributed by atoms with E-state index in [9.17, 15) is 23.1 Å². The quantitative estimate of drug-likeness (QED) is 0.836. The molecule has 25 heavy (non-hydrogen) atoms. The van der Waals surface area contributed by atoms with E-state index in [-0.39, 0.29) is 0 Å². The van der Waals surface area contributed by atoms with Gasteiger partial charge in [-0.2, -0.15) is 13.2 Å². The molecule has 3 nitrogen and oxygen atoms in total. The van der Waals surface area contributed by atoms with Gasteiger partial charge < -0.3 is 5.11 Å². The topological polar surface area (TPSA) is 40.5 Å².